The van der Waals surface area contributed by atoms with Crippen molar-refractivity contribution < 1.29 is 0 Å². The van der Waals surface area contributed by atoms with E-state index in [1.807, 2.05) is 32.2 Å². The predicted molar refractivity (Wildman–Crippen MR) is 67.4 cm³/mol. The lowest BCUT2D eigenvalue weighted by Crippen LogP contribution is -1.95. The molecule has 0 radical (unpaired) electrons. The molecule has 0 spiro atoms. The van der Waals surface area contributed by atoms with Gasteiger partial charge in [0.15, 0.2) is 5.82 Å². The minimum Gasteiger partial charge on any atom is -0.361 e. The Labute approximate surface area is 98.3 Å². The molecule has 0 saturated heterocycles. The fraction of sp³-hybridized carbons (Fsp3) is 0.167. The Hall–Kier alpha value is -2.30. The average molecular weight is 227 g/mol. The Kier molecular flexibility index (Phi) is 2.11. The Morgan fingerprint density at radius 3 is 2.82 bits per heavy atom. The van der Waals surface area contributed by atoms with Crippen LogP contribution in [-0.2, 0) is 0 Å². The summed E-state index contributed by atoms with van der Waals surface area (Å²) in [6, 6.07) is 3.95. The first-order valence-electron chi connectivity index (χ1n) is 5.46. The Balaban J connectivity index is 2.05. The molecule has 3 aromatic rings. The van der Waals surface area contributed by atoms with Crippen molar-refractivity contribution in [2.75, 3.05) is 5.32 Å². The van der Waals surface area contributed by atoms with Crippen LogP contribution < -0.4 is 5.32 Å². The van der Waals surface area contributed by atoms with Crippen LogP contribution in [-0.4, -0.2) is 20.2 Å². The van der Waals surface area contributed by atoms with Gasteiger partial charge in [0, 0.05) is 29.0 Å². The standard InChI is InChI=1S/C12H13N5/c1-7-8(2)16-17-11(7)15-12-9-3-5-13-10(9)4-6-14-12/h3-6,13H,1-2H3,(H2,14,15,16,17). The first kappa shape index (κ1) is 9.89. The Morgan fingerprint density at radius 1 is 1.18 bits per heavy atom. The van der Waals surface area contributed by atoms with E-state index in [4.69, 9.17) is 0 Å². The van der Waals surface area contributed by atoms with Crippen LogP contribution in [0.15, 0.2) is 24.5 Å². The quantitative estimate of drug-likeness (QED) is 0.630. The van der Waals surface area contributed by atoms with Crippen molar-refractivity contribution >= 4 is 22.5 Å². The average Bonchev–Trinajstić information content (AvgIpc) is 2.91. The van der Waals surface area contributed by atoms with Crippen LogP contribution in [0.3, 0.4) is 0 Å². The molecule has 0 amide bonds. The molecule has 3 rings (SSSR count). The molecule has 5 heteroatoms. The number of rotatable bonds is 2. The molecule has 17 heavy (non-hydrogen) atoms. The minimum absolute atomic E-state index is 0.818. The SMILES string of the molecule is Cc1[nH]nc(Nc2nccc3[nH]ccc23)c1C. The van der Waals surface area contributed by atoms with Gasteiger partial charge in [0.2, 0.25) is 0 Å². The molecule has 3 heterocycles. The van der Waals surface area contributed by atoms with Gasteiger partial charge in [-0.3, -0.25) is 5.10 Å². The van der Waals surface area contributed by atoms with Gasteiger partial charge >= 0.3 is 0 Å². The molecule has 5 nitrogen and oxygen atoms in total. The van der Waals surface area contributed by atoms with Gasteiger partial charge in [-0.1, -0.05) is 0 Å². The number of anilines is 2. The number of hydrogen-bond acceptors (Lipinski definition) is 3. The molecule has 0 saturated carbocycles. The summed E-state index contributed by atoms with van der Waals surface area (Å²) in [5.74, 6) is 1.64. The van der Waals surface area contributed by atoms with E-state index >= 15 is 0 Å². The summed E-state index contributed by atoms with van der Waals surface area (Å²) in [4.78, 5) is 7.50. The van der Waals surface area contributed by atoms with Crippen molar-refractivity contribution in [2.45, 2.75) is 13.8 Å². The monoisotopic (exact) mass is 227 g/mol. The normalized spacial score (nSPS) is 10.9. The second-order valence-corrected chi connectivity index (χ2v) is 4.05. The minimum atomic E-state index is 0.818. The van der Waals surface area contributed by atoms with E-state index < -0.39 is 0 Å². The van der Waals surface area contributed by atoms with E-state index in [0.717, 1.165) is 33.8 Å². The Bertz CT molecular complexity index is 664. The number of aromatic nitrogens is 4. The zero-order valence-electron chi connectivity index (χ0n) is 9.70. The number of pyridine rings is 1. The van der Waals surface area contributed by atoms with Crippen LogP contribution in [0.5, 0.6) is 0 Å². The van der Waals surface area contributed by atoms with Crippen LogP contribution >= 0.6 is 0 Å². The highest BCUT2D eigenvalue weighted by molar-refractivity contribution is 5.91. The molecular formula is C12H13N5. The van der Waals surface area contributed by atoms with E-state index in [9.17, 15) is 0 Å². The lowest BCUT2D eigenvalue weighted by Gasteiger charge is -2.04. The zero-order valence-corrected chi connectivity index (χ0v) is 9.70. The van der Waals surface area contributed by atoms with E-state index in [0.29, 0.717) is 0 Å². The number of nitrogens with one attached hydrogen (secondary N) is 3. The molecule has 3 aromatic heterocycles. The number of hydrogen-bond donors (Lipinski definition) is 3. The van der Waals surface area contributed by atoms with Crippen molar-refractivity contribution in [3.8, 4) is 0 Å². The third kappa shape index (κ3) is 1.56. The first-order valence-corrected chi connectivity index (χ1v) is 5.46. The van der Waals surface area contributed by atoms with Gasteiger partial charge < -0.3 is 10.3 Å². The number of H-pyrrole nitrogens is 2. The summed E-state index contributed by atoms with van der Waals surface area (Å²) >= 11 is 0. The molecule has 0 aliphatic rings. The molecule has 0 fully saturated rings. The van der Waals surface area contributed by atoms with Crippen LogP contribution in [0.4, 0.5) is 11.6 Å². The predicted octanol–water partition coefficient (Wildman–Crippen LogP) is 2.65. The molecule has 0 aromatic carbocycles. The van der Waals surface area contributed by atoms with Gasteiger partial charge in [0.25, 0.3) is 0 Å². The van der Waals surface area contributed by atoms with Crippen LogP contribution in [0.25, 0.3) is 10.9 Å². The van der Waals surface area contributed by atoms with Crippen molar-refractivity contribution in [3.05, 3.63) is 35.8 Å². The molecule has 0 atom stereocenters. The molecule has 0 aliphatic heterocycles. The lowest BCUT2D eigenvalue weighted by molar-refractivity contribution is 1.05. The number of fused-ring (bicyclic) bond motifs is 1. The fourth-order valence-electron chi connectivity index (χ4n) is 1.80. The third-order valence-corrected chi connectivity index (χ3v) is 2.97. The van der Waals surface area contributed by atoms with E-state index in [1.54, 1.807) is 6.20 Å². The number of aryl methyl sites for hydroxylation is 1. The van der Waals surface area contributed by atoms with Crippen molar-refractivity contribution in [1.29, 1.82) is 0 Å². The number of nitrogens with zero attached hydrogens (tertiary/aromatic N) is 2. The topological polar surface area (TPSA) is 69.4 Å². The molecular weight excluding hydrogens is 214 g/mol. The summed E-state index contributed by atoms with van der Waals surface area (Å²) in [6.07, 6.45) is 3.68. The summed E-state index contributed by atoms with van der Waals surface area (Å²) in [6.45, 7) is 4.02. The van der Waals surface area contributed by atoms with Gasteiger partial charge in [0.05, 0.1) is 5.52 Å². The van der Waals surface area contributed by atoms with Crippen LogP contribution in [0.1, 0.15) is 11.3 Å². The Morgan fingerprint density at radius 2 is 2.06 bits per heavy atom. The van der Waals surface area contributed by atoms with Gasteiger partial charge in [-0.15, -0.1) is 0 Å². The van der Waals surface area contributed by atoms with Crippen molar-refractivity contribution in [3.63, 3.8) is 0 Å². The van der Waals surface area contributed by atoms with Crippen molar-refractivity contribution in [2.24, 2.45) is 0 Å². The molecule has 0 unspecified atom stereocenters. The highest BCUT2D eigenvalue weighted by atomic mass is 15.2. The maximum Gasteiger partial charge on any atom is 0.156 e. The van der Waals surface area contributed by atoms with E-state index in [2.05, 4.69) is 25.5 Å². The van der Waals surface area contributed by atoms with Gasteiger partial charge in [-0.05, 0) is 26.0 Å². The second kappa shape index (κ2) is 3.62. The fourth-order valence-corrected chi connectivity index (χ4v) is 1.80. The summed E-state index contributed by atoms with van der Waals surface area (Å²) in [5, 5.41) is 11.5. The highest BCUT2D eigenvalue weighted by Gasteiger charge is 2.08. The lowest BCUT2D eigenvalue weighted by atomic mass is 10.2. The molecule has 0 aliphatic carbocycles. The summed E-state index contributed by atoms with van der Waals surface area (Å²) in [5.41, 5.74) is 3.24. The van der Waals surface area contributed by atoms with E-state index in [1.165, 1.54) is 0 Å². The largest absolute Gasteiger partial charge is 0.361 e. The number of aromatic amines is 2. The van der Waals surface area contributed by atoms with Crippen LogP contribution in [0.2, 0.25) is 0 Å². The summed E-state index contributed by atoms with van der Waals surface area (Å²) < 4.78 is 0. The van der Waals surface area contributed by atoms with Gasteiger partial charge in [0.1, 0.15) is 5.82 Å². The second-order valence-electron chi connectivity index (χ2n) is 4.05. The smallest absolute Gasteiger partial charge is 0.156 e. The first-order chi connectivity index (χ1) is 8.25. The van der Waals surface area contributed by atoms with Crippen molar-refractivity contribution in [1.82, 2.24) is 20.2 Å². The van der Waals surface area contributed by atoms with Crippen LogP contribution in [0, 0.1) is 13.8 Å². The molecule has 3 N–H and O–H groups in total. The molecule has 86 valence electrons. The molecule has 0 bridgehead atoms. The maximum absolute atomic E-state index is 4.34. The highest BCUT2D eigenvalue weighted by Crippen LogP contribution is 2.24. The third-order valence-electron chi connectivity index (χ3n) is 2.97. The zero-order chi connectivity index (χ0) is 11.8. The van der Waals surface area contributed by atoms with Gasteiger partial charge in [-0.25, -0.2) is 4.98 Å². The van der Waals surface area contributed by atoms with E-state index in [-0.39, 0.29) is 0 Å². The van der Waals surface area contributed by atoms with Gasteiger partial charge in [-0.2, -0.15) is 5.10 Å². The summed E-state index contributed by atoms with van der Waals surface area (Å²) in [7, 11) is 0. The maximum atomic E-state index is 4.34.